The Morgan fingerprint density at radius 1 is 1.05 bits per heavy atom. The van der Waals surface area contributed by atoms with Gasteiger partial charge >= 0.3 is 5.97 Å². The van der Waals surface area contributed by atoms with Crippen LogP contribution in [-0.2, 0) is 4.74 Å². The van der Waals surface area contributed by atoms with E-state index in [1.165, 1.54) is 0 Å². The third-order valence-electron chi connectivity index (χ3n) is 3.16. The molecule has 0 unspecified atom stereocenters. The first-order valence-electron chi connectivity index (χ1n) is 7.44. The Kier molecular flexibility index (Phi) is 7.83. The highest BCUT2D eigenvalue weighted by atomic mass is 16.5. The van der Waals surface area contributed by atoms with Crippen LogP contribution in [0.5, 0.6) is 5.75 Å². The zero-order valence-electron chi connectivity index (χ0n) is 13.1. The number of carboxylic acid groups (broad SMARTS) is 1. The fourth-order valence-electron chi connectivity index (χ4n) is 1.76. The van der Waals surface area contributed by atoms with E-state index in [0.717, 1.165) is 31.3 Å². The number of ether oxygens (including phenoxy) is 2. The van der Waals surface area contributed by atoms with Gasteiger partial charge in [-0.15, -0.1) is 0 Å². The third-order valence-corrected chi connectivity index (χ3v) is 3.16. The van der Waals surface area contributed by atoms with Crippen LogP contribution < -0.4 is 4.74 Å². The van der Waals surface area contributed by atoms with E-state index in [0.29, 0.717) is 24.7 Å². The molecule has 0 aliphatic carbocycles. The van der Waals surface area contributed by atoms with Gasteiger partial charge in [0.25, 0.3) is 0 Å². The van der Waals surface area contributed by atoms with Crippen molar-refractivity contribution in [2.75, 3.05) is 13.2 Å². The van der Waals surface area contributed by atoms with Gasteiger partial charge in [-0.1, -0.05) is 13.2 Å². The summed E-state index contributed by atoms with van der Waals surface area (Å²) < 4.78 is 11.0. The highest BCUT2D eigenvalue weighted by Crippen LogP contribution is 2.13. The quantitative estimate of drug-likeness (QED) is 0.373. The molecule has 0 aliphatic heterocycles. The van der Waals surface area contributed by atoms with Crippen LogP contribution in [0.15, 0.2) is 48.8 Å². The zero-order valence-corrected chi connectivity index (χ0v) is 13.1. The predicted molar refractivity (Wildman–Crippen MR) is 87.3 cm³/mol. The second kappa shape index (κ2) is 9.66. The molecule has 0 aliphatic rings. The molecule has 0 saturated carbocycles. The molecule has 120 valence electrons. The highest BCUT2D eigenvalue weighted by molar-refractivity contribution is 5.87. The molecular formula is C18H24O4. The highest BCUT2D eigenvalue weighted by Gasteiger charge is 2.02. The van der Waals surface area contributed by atoms with Gasteiger partial charge in [-0.2, -0.15) is 0 Å². The van der Waals surface area contributed by atoms with E-state index in [9.17, 15) is 4.79 Å². The normalized spacial score (nSPS) is 10.0. The van der Waals surface area contributed by atoms with E-state index in [1.807, 2.05) is 6.92 Å². The smallest absolute Gasteiger partial charge is 0.335 e. The van der Waals surface area contributed by atoms with Gasteiger partial charge in [-0.3, -0.25) is 0 Å². The van der Waals surface area contributed by atoms with Crippen molar-refractivity contribution in [3.63, 3.8) is 0 Å². The fourth-order valence-corrected chi connectivity index (χ4v) is 1.76. The maximum atomic E-state index is 10.7. The van der Waals surface area contributed by atoms with Gasteiger partial charge in [-0.05, 0) is 62.4 Å². The first kappa shape index (κ1) is 17.8. The molecule has 0 amide bonds. The SMILES string of the molecule is C=C(C)C(=C)OCCCCCCOc1ccc(C(=O)O)cc1. The first-order chi connectivity index (χ1) is 10.5. The summed E-state index contributed by atoms with van der Waals surface area (Å²) in [6.07, 6.45) is 4.09. The molecule has 1 aromatic rings. The number of hydrogen-bond acceptors (Lipinski definition) is 3. The molecule has 0 aromatic heterocycles. The largest absolute Gasteiger partial charge is 0.494 e. The molecule has 0 heterocycles. The average molecular weight is 304 g/mol. The second-order valence-corrected chi connectivity index (χ2v) is 5.14. The van der Waals surface area contributed by atoms with Gasteiger partial charge in [0, 0.05) is 0 Å². The number of carbonyl (C=O) groups is 1. The molecule has 0 saturated heterocycles. The maximum absolute atomic E-state index is 10.7. The molecule has 0 atom stereocenters. The van der Waals surface area contributed by atoms with Crippen molar-refractivity contribution in [1.29, 1.82) is 0 Å². The van der Waals surface area contributed by atoms with Gasteiger partial charge in [0.15, 0.2) is 0 Å². The lowest BCUT2D eigenvalue weighted by Crippen LogP contribution is -2.00. The lowest BCUT2D eigenvalue weighted by Gasteiger charge is -2.09. The summed E-state index contributed by atoms with van der Waals surface area (Å²) in [5, 5.41) is 8.80. The molecule has 0 bridgehead atoms. The summed E-state index contributed by atoms with van der Waals surface area (Å²) >= 11 is 0. The number of allylic oxidation sites excluding steroid dienone is 1. The van der Waals surface area contributed by atoms with E-state index in [1.54, 1.807) is 24.3 Å². The molecular weight excluding hydrogens is 280 g/mol. The van der Waals surface area contributed by atoms with Crippen LogP contribution in [-0.4, -0.2) is 24.3 Å². The van der Waals surface area contributed by atoms with E-state index in [-0.39, 0.29) is 5.56 Å². The lowest BCUT2D eigenvalue weighted by atomic mass is 10.2. The van der Waals surface area contributed by atoms with Gasteiger partial charge in [0.2, 0.25) is 0 Å². The van der Waals surface area contributed by atoms with E-state index in [2.05, 4.69) is 13.2 Å². The predicted octanol–water partition coefficient (Wildman–Crippen LogP) is 4.43. The van der Waals surface area contributed by atoms with Crippen LogP contribution in [0.3, 0.4) is 0 Å². The number of carboxylic acids is 1. The minimum atomic E-state index is -0.928. The van der Waals surface area contributed by atoms with Gasteiger partial charge < -0.3 is 14.6 Å². The Labute approximate surface area is 132 Å². The summed E-state index contributed by atoms with van der Waals surface area (Å²) in [7, 11) is 0. The van der Waals surface area contributed by atoms with Crippen LogP contribution in [0, 0.1) is 0 Å². The van der Waals surface area contributed by atoms with E-state index < -0.39 is 5.97 Å². The Bertz CT molecular complexity index is 502. The van der Waals surface area contributed by atoms with Gasteiger partial charge in [0.1, 0.15) is 11.5 Å². The standard InChI is InChI=1S/C18H24O4/c1-14(2)15(3)21-12-6-4-5-7-13-22-17-10-8-16(9-11-17)18(19)20/h8-11H,1,3-7,12-13H2,2H3,(H,19,20). The third kappa shape index (κ3) is 6.97. The number of hydrogen-bond donors (Lipinski definition) is 1. The van der Waals surface area contributed by atoms with Crippen LogP contribution >= 0.6 is 0 Å². The zero-order chi connectivity index (χ0) is 16.4. The molecule has 1 rings (SSSR count). The molecule has 0 fully saturated rings. The van der Waals surface area contributed by atoms with Crippen molar-refractivity contribution in [2.45, 2.75) is 32.6 Å². The van der Waals surface area contributed by atoms with Gasteiger partial charge in [-0.25, -0.2) is 4.79 Å². The van der Waals surface area contributed by atoms with Crippen LogP contribution in [0.1, 0.15) is 43.0 Å². The molecule has 4 nitrogen and oxygen atoms in total. The minimum Gasteiger partial charge on any atom is -0.494 e. The summed E-state index contributed by atoms with van der Waals surface area (Å²) in [6.45, 7) is 10.7. The van der Waals surface area contributed by atoms with Crippen molar-refractivity contribution in [1.82, 2.24) is 0 Å². The summed E-state index contributed by atoms with van der Waals surface area (Å²) in [5.41, 5.74) is 1.13. The lowest BCUT2D eigenvalue weighted by molar-refractivity contribution is 0.0697. The minimum absolute atomic E-state index is 0.267. The monoisotopic (exact) mass is 304 g/mol. The van der Waals surface area contributed by atoms with Crippen molar-refractivity contribution in [3.05, 3.63) is 54.3 Å². The molecule has 0 radical (unpaired) electrons. The molecule has 22 heavy (non-hydrogen) atoms. The molecule has 1 N–H and O–H groups in total. The van der Waals surface area contributed by atoms with Crippen molar-refractivity contribution in [2.24, 2.45) is 0 Å². The molecule has 1 aromatic carbocycles. The number of rotatable bonds is 11. The number of aromatic carboxylic acids is 1. The Morgan fingerprint density at radius 3 is 2.18 bits per heavy atom. The van der Waals surface area contributed by atoms with E-state index >= 15 is 0 Å². The van der Waals surface area contributed by atoms with Crippen LogP contribution in [0.25, 0.3) is 0 Å². The van der Waals surface area contributed by atoms with Crippen LogP contribution in [0.2, 0.25) is 0 Å². The van der Waals surface area contributed by atoms with Crippen molar-refractivity contribution < 1.29 is 19.4 Å². The Balaban J connectivity index is 2.05. The summed E-state index contributed by atoms with van der Waals surface area (Å²) in [6, 6.07) is 6.45. The van der Waals surface area contributed by atoms with Crippen LogP contribution in [0.4, 0.5) is 0 Å². The number of benzene rings is 1. The number of unbranched alkanes of at least 4 members (excludes halogenated alkanes) is 3. The molecule has 0 spiro atoms. The maximum Gasteiger partial charge on any atom is 0.335 e. The fraction of sp³-hybridized carbons (Fsp3) is 0.389. The van der Waals surface area contributed by atoms with E-state index in [4.69, 9.17) is 14.6 Å². The summed E-state index contributed by atoms with van der Waals surface area (Å²) in [4.78, 5) is 10.7. The second-order valence-electron chi connectivity index (χ2n) is 5.14. The van der Waals surface area contributed by atoms with Crippen molar-refractivity contribution in [3.8, 4) is 5.75 Å². The Morgan fingerprint density at radius 2 is 1.64 bits per heavy atom. The average Bonchev–Trinajstić information content (AvgIpc) is 2.50. The molecule has 4 heteroatoms. The topological polar surface area (TPSA) is 55.8 Å². The Hall–Kier alpha value is -2.23. The van der Waals surface area contributed by atoms with Crippen molar-refractivity contribution >= 4 is 5.97 Å². The first-order valence-corrected chi connectivity index (χ1v) is 7.44. The van der Waals surface area contributed by atoms with Gasteiger partial charge in [0.05, 0.1) is 18.8 Å². The summed E-state index contributed by atoms with van der Waals surface area (Å²) in [5.74, 6) is 0.433.